The Hall–Kier alpha value is -1.71. The van der Waals surface area contributed by atoms with Gasteiger partial charge in [-0.3, -0.25) is 10.1 Å². The zero-order chi connectivity index (χ0) is 16.5. The Morgan fingerprint density at radius 3 is 2.59 bits per heavy atom. The summed E-state index contributed by atoms with van der Waals surface area (Å²) in [5, 5.41) is 20.5. The second-order valence-electron chi connectivity index (χ2n) is 5.49. The zero-order valence-corrected chi connectivity index (χ0v) is 13.2. The number of hydrogen-bond acceptors (Lipinski definition) is 6. The average molecular weight is 329 g/mol. The first-order valence-corrected chi connectivity index (χ1v) is 8.34. The molecule has 0 atom stereocenters. The first-order valence-electron chi connectivity index (χ1n) is 6.85. The van der Waals surface area contributed by atoms with E-state index in [1.165, 1.54) is 19.2 Å². The monoisotopic (exact) mass is 329 g/mol. The maximum atomic E-state index is 11.8. The molecule has 1 fully saturated rings. The Morgan fingerprint density at radius 2 is 2.09 bits per heavy atom. The molecule has 2 rings (SSSR count). The largest absolute Gasteiger partial charge is 0.393 e. The third-order valence-corrected chi connectivity index (χ3v) is 5.29. The number of aliphatic hydroxyl groups is 1. The first-order chi connectivity index (χ1) is 10.2. The van der Waals surface area contributed by atoms with Crippen LogP contribution < -0.4 is 9.62 Å². The smallest absolute Gasteiger partial charge is 0.293 e. The molecule has 22 heavy (non-hydrogen) atoms. The van der Waals surface area contributed by atoms with Crippen LogP contribution in [0.25, 0.3) is 0 Å². The average Bonchev–Trinajstić information content (AvgIpc) is 2.44. The van der Waals surface area contributed by atoms with Crippen LogP contribution in [-0.2, 0) is 10.0 Å². The van der Waals surface area contributed by atoms with Crippen molar-refractivity contribution in [3.8, 4) is 0 Å². The summed E-state index contributed by atoms with van der Waals surface area (Å²) in [6.45, 7) is 0.579. The van der Waals surface area contributed by atoms with Crippen molar-refractivity contribution >= 4 is 21.4 Å². The van der Waals surface area contributed by atoms with E-state index in [-0.39, 0.29) is 16.7 Å². The van der Waals surface area contributed by atoms with Crippen molar-refractivity contribution in [1.82, 2.24) is 4.72 Å². The molecule has 0 saturated heterocycles. The highest BCUT2D eigenvalue weighted by atomic mass is 32.2. The van der Waals surface area contributed by atoms with E-state index in [1.54, 1.807) is 11.9 Å². The van der Waals surface area contributed by atoms with Crippen LogP contribution in [0.4, 0.5) is 11.4 Å². The number of nitrogens with one attached hydrogen (secondary N) is 1. The number of nitrogens with zero attached hydrogens (tertiary/aromatic N) is 2. The van der Waals surface area contributed by atoms with Crippen molar-refractivity contribution in [1.29, 1.82) is 0 Å². The van der Waals surface area contributed by atoms with Gasteiger partial charge in [0.1, 0.15) is 5.69 Å². The lowest BCUT2D eigenvalue weighted by Crippen LogP contribution is -2.37. The minimum absolute atomic E-state index is 0.141. The van der Waals surface area contributed by atoms with E-state index in [4.69, 9.17) is 0 Å². The summed E-state index contributed by atoms with van der Waals surface area (Å²) in [5.41, 5.74) is 0.111. The number of nitro benzene ring substituents is 1. The highest BCUT2D eigenvalue weighted by molar-refractivity contribution is 7.89. The number of anilines is 1. The van der Waals surface area contributed by atoms with Gasteiger partial charge in [0.05, 0.1) is 15.9 Å². The molecule has 122 valence electrons. The van der Waals surface area contributed by atoms with Gasteiger partial charge in [0.15, 0.2) is 0 Å². The number of benzene rings is 1. The van der Waals surface area contributed by atoms with Gasteiger partial charge < -0.3 is 10.0 Å². The molecule has 0 amide bonds. The summed E-state index contributed by atoms with van der Waals surface area (Å²) >= 11 is 0. The van der Waals surface area contributed by atoms with Crippen molar-refractivity contribution in [2.24, 2.45) is 5.92 Å². The van der Waals surface area contributed by atoms with Crippen molar-refractivity contribution in [3.05, 3.63) is 28.3 Å². The lowest BCUT2D eigenvalue weighted by Gasteiger charge is -2.35. The van der Waals surface area contributed by atoms with Gasteiger partial charge in [-0.15, -0.1) is 0 Å². The fourth-order valence-electron chi connectivity index (χ4n) is 2.59. The molecule has 0 unspecified atom stereocenters. The molecule has 8 nitrogen and oxygen atoms in total. The minimum Gasteiger partial charge on any atom is -0.393 e. The van der Waals surface area contributed by atoms with Crippen LogP contribution in [0.2, 0.25) is 0 Å². The molecule has 1 aliphatic carbocycles. The molecule has 2 N–H and O–H groups in total. The Kier molecular flexibility index (Phi) is 4.69. The molecule has 1 saturated carbocycles. The van der Waals surface area contributed by atoms with Crippen LogP contribution in [0.5, 0.6) is 0 Å². The first kappa shape index (κ1) is 16.7. The maximum absolute atomic E-state index is 11.8. The van der Waals surface area contributed by atoms with E-state index < -0.39 is 14.9 Å². The van der Waals surface area contributed by atoms with Gasteiger partial charge >= 0.3 is 0 Å². The number of rotatable bonds is 6. The molecule has 9 heteroatoms. The van der Waals surface area contributed by atoms with Crippen molar-refractivity contribution in [2.45, 2.75) is 23.8 Å². The third-order valence-electron chi connectivity index (χ3n) is 3.88. The molecule has 0 aliphatic heterocycles. The van der Waals surface area contributed by atoms with Crippen molar-refractivity contribution in [3.63, 3.8) is 0 Å². The van der Waals surface area contributed by atoms with E-state index in [1.807, 2.05) is 0 Å². The number of sulfonamides is 1. The summed E-state index contributed by atoms with van der Waals surface area (Å²) in [6.07, 6.45) is 1.09. The molecule has 0 radical (unpaired) electrons. The Balaban J connectivity index is 2.29. The van der Waals surface area contributed by atoms with Gasteiger partial charge in [-0.25, -0.2) is 13.1 Å². The fraction of sp³-hybridized carbons (Fsp3) is 0.538. The molecule has 1 aromatic rings. The Labute approximate surface area is 128 Å². The summed E-state index contributed by atoms with van der Waals surface area (Å²) in [4.78, 5) is 12.2. The zero-order valence-electron chi connectivity index (χ0n) is 12.4. The quantitative estimate of drug-likeness (QED) is 0.587. The standard InChI is InChI=1S/C13H19N3O5S/c1-14-22(20,21)11-3-4-12(13(7-11)16(18)19)15(2)8-9-5-10(17)6-9/h3-4,7,9-10,14,17H,5-6,8H2,1-2H3. The second kappa shape index (κ2) is 6.19. The number of aliphatic hydroxyl groups excluding tert-OH is 1. The summed E-state index contributed by atoms with van der Waals surface area (Å²) < 4.78 is 25.6. The van der Waals surface area contributed by atoms with Crippen LogP contribution >= 0.6 is 0 Å². The number of hydrogen-bond donors (Lipinski definition) is 2. The van der Waals surface area contributed by atoms with Crippen LogP contribution in [0.1, 0.15) is 12.8 Å². The molecule has 0 aromatic heterocycles. The predicted octanol–water partition coefficient (Wildman–Crippen LogP) is 0.710. The van der Waals surface area contributed by atoms with Gasteiger partial charge in [0, 0.05) is 19.7 Å². The minimum atomic E-state index is -3.73. The van der Waals surface area contributed by atoms with E-state index >= 15 is 0 Å². The molecule has 1 aliphatic rings. The van der Waals surface area contributed by atoms with Crippen LogP contribution in [0.15, 0.2) is 23.1 Å². The lowest BCUT2D eigenvalue weighted by atomic mass is 9.82. The van der Waals surface area contributed by atoms with Gasteiger partial charge in [-0.2, -0.15) is 0 Å². The van der Waals surface area contributed by atoms with Crippen molar-refractivity contribution in [2.75, 3.05) is 25.5 Å². The second-order valence-corrected chi connectivity index (χ2v) is 7.37. The number of nitro groups is 1. The molecular formula is C13H19N3O5S. The summed E-state index contributed by atoms with van der Waals surface area (Å²) in [6, 6.07) is 3.85. The highest BCUT2D eigenvalue weighted by Gasteiger charge is 2.30. The predicted molar refractivity (Wildman–Crippen MR) is 81.3 cm³/mol. The molecule has 0 heterocycles. The molecule has 1 aromatic carbocycles. The van der Waals surface area contributed by atoms with Crippen molar-refractivity contribution < 1.29 is 18.4 Å². The van der Waals surface area contributed by atoms with Crippen LogP contribution in [-0.4, -0.2) is 45.2 Å². The van der Waals surface area contributed by atoms with Gasteiger partial charge in [0.25, 0.3) is 5.69 Å². The normalized spacial score (nSPS) is 21.2. The van der Waals surface area contributed by atoms with E-state index in [9.17, 15) is 23.6 Å². The maximum Gasteiger partial charge on any atom is 0.293 e. The van der Waals surface area contributed by atoms with Gasteiger partial charge in [0.2, 0.25) is 10.0 Å². The SMILES string of the molecule is CNS(=O)(=O)c1ccc(N(C)CC2CC(O)C2)c([N+](=O)[O-])c1. The third kappa shape index (κ3) is 3.37. The summed E-state index contributed by atoms with van der Waals surface area (Å²) in [5.74, 6) is 0.292. The lowest BCUT2D eigenvalue weighted by molar-refractivity contribution is -0.384. The molecule has 0 spiro atoms. The molecule has 0 bridgehead atoms. The Morgan fingerprint density at radius 1 is 1.45 bits per heavy atom. The van der Waals surface area contributed by atoms with Crippen LogP contribution in [0.3, 0.4) is 0 Å². The van der Waals surface area contributed by atoms with Gasteiger partial charge in [-0.05, 0) is 37.9 Å². The van der Waals surface area contributed by atoms with Crippen LogP contribution in [0, 0.1) is 16.0 Å². The van der Waals surface area contributed by atoms with E-state index in [0.717, 1.165) is 6.07 Å². The summed E-state index contributed by atoms with van der Waals surface area (Å²) in [7, 11) is -0.752. The van der Waals surface area contributed by atoms with E-state index in [2.05, 4.69) is 4.72 Å². The topological polar surface area (TPSA) is 113 Å². The Bertz CT molecular complexity index is 670. The molecular weight excluding hydrogens is 310 g/mol. The fourth-order valence-corrected chi connectivity index (χ4v) is 3.34. The highest BCUT2D eigenvalue weighted by Crippen LogP contribution is 2.33. The van der Waals surface area contributed by atoms with Gasteiger partial charge in [-0.1, -0.05) is 0 Å². The van der Waals surface area contributed by atoms with E-state index in [0.29, 0.717) is 31.0 Å².